The van der Waals surface area contributed by atoms with E-state index in [9.17, 15) is 4.79 Å². The number of anilines is 1. The van der Waals surface area contributed by atoms with Gasteiger partial charge in [0.2, 0.25) is 0 Å². The van der Waals surface area contributed by atoms with Gasteiger partial charge in [-0.25, -0.2) is 4.79 Å². The van der Waals surface area contributed by atoms with Crippen LogP contribution in [0.15, 0.2) is 36.0 Å². The minimum absolute atomic E-state index is 0.194. The summed E-state index contributed by atoms with van der Waals surface area (Å²) in [6.07, 6.45) is 6.55. The van der Waals surface area contributed by atoms with E-state index >= 15 is 0 Å². The molecule has 0 saturated carbocycles. The van der Waals surface area contributed by atoms with Gasteiger partial charge in [-0.05, 0) is 26.0 Å². The molecule has 4 nitrogen and oxygen atoms in total. The number of para-hydroxylation sites is 2. The predicted octanol–water partition coefficient (Wildman–Crippen LogP) is 2.58. The zero-order valence-electron chi connectivity index (χ0n) is 11.1. The van der Waals surface area contributed by atoms with E-state index in [4.69, 9.17) is 15.9 Å². The predicted molar refractivity (Wildman–Crippen MR) is 74.8 cm³/mol. The van der Waals surface area contributed by atoms with Gasteiger partial charge in [0.25, 0.3) is 0 Å². The number of ether oxygens (including phenoxy) is 2. The molecule has 0 unspecified atom stereocenters. The second-order valence-electron chi connectivity index (χ2n) is 3.69. The molecular formula is C15H17NO3. The summed E-state index contributed by atoms with van der Waals surface area (Å²) >= 11 is 0. The first-order chi connectivity index (χ1) is 9.17. The number of hydrogen-bond acceptors (Lipinski definition) is 4. The lowest BCUT2D eigenvalue weighted by atomic mass is 10.2. The van der Waals surface area contributed by atoms with Crippen LogP contribution in [0.1, 0.15) is 13.8 Å². The Morgan fingerprint density at radius 2 is 2.21 bits per heavy atom. The minimum Gasteiger partial charge on any atom is -0.479 e. The topological polar surface area (TPSA) is 47.6 Å². The average molecular weight is 259 g/mol. The molecule has 100 valence electrons. The molecule has 4 heteroatoms. The first-order valence-corrected chi connectivity index (χ1v) is 5.94. The summed E-state index contributed by atoms with van der Waals surface area (Å²) in [5.74, 6) is 2.66. The molecule has 0 spiro atoms. The second kappa shape index (κ2) is 7.83. The summed E-state index contributed by atoms with van der Waals surface area (Å²) in [4.78, 5) is 11.3. The molecule has 0 heterocycles. The van der Waals surface area contributed by atoms with Gasteiger partial charge in [0.1, 0.15) is 12.4 Å². The number of benzene rings is 1. The van der Waals surface area contributed by atoms with E-state index in [2.05, 4.69) is 11.2 Å². The number of terminal acetylenes is 1. The standard InChI is InChI=1S/C15H17NO3/c1-4-10-19-14-9-7-6-8-13(14)16-12(3)11-15(17)18-5-2/h1,6-9,11,16H,5,10H2,2-3H3. The van der Waals surface area contributed by atoms with E-state index in [1.54, 1.807) is 19.9 Å². The van der Waals surface area contributed by atoms with E-state index in [1.807, 2.05) is 18.2 Å². The molecule has 1 aromatic carbocycles. The molecule has 0 atom stereocenters. The molecule has 0 aliphatic rings. The molecule has 0 radical (unpaired) electrons. The largest absolute Gasteiger partial charge is 0.479 e. The first kappa shape index (κ1) is 14.7. The molecule has 0 bridgehead atoms. The molecule has 0 amide bonds. The van der Waals surface area contributed by atoms with Gasteiger partial charge >= 0.3 is 5.97 Å². The molecule has 0 aromatic heterocycles. The summed E-state index contributed by atoms with van der Waals surface area (Å²) in [5, 5.41) is 3.08. The molecule has 1 aromatic rings. The lowest BCUT2D eigenvalue weighted by Crippen LogP contribution is -2.05. The molecule has 19 heavy (non-hydrogen) atoms. The Bertz CT molecular complexity index is 500. The van der Waals surface area contributed by atoms with E-state index in [-0.39, 0.29) is 12.6 Å². The molecule has 0 aliphatic carbocycles. The third-order valence-corrected chi connectivity index (χ3v) is 2.15. The van der Waals surface area contributed by atoms with Gasteiger partial charge in [-0.3, -0.25) is 0 Å². The maximum Gasteiger partial charge on any atom is 0.332 e. The molecule has 0 aliphatic heterocycles. The van der Waals surface area contributed by atoms with Crippen LogP contribution in [0.5, 0.6) is 5.75 Å². The zero-order valence-corrected chi connectivity index (χ0v) is 11.1. The Balaban J connectivity index is 2.76. The summed E-state index contributed by atoms with van der Waals surface area (Å²) in [5.41, 5.74) is 1.41. The van der Waals surface area contributed by atoms with Crippen molar-refractivity contribution < 1.29 is 14.3 Å². The van der Waals surface area contributed by atoms with Crippen molar-refractivity contribution >= 4 is 11.7 Å². The van der Waals surface area contributed by atoms with Crippen LogP contribution in [-0.2, 0) is 9.53 Å². The number of rotatable bonds is 6. The van der Waals surface area contributed by atoms with Crippen molar-refractivity contribution in [2.75, 3.05) is 18.5 Å². The third-order valence-electron chi connectivity index (χ3n) is 2.15. The van der Waals surface area contributed by atoms with Crippen LogP contribution in [-0.4, -0.2) is 19.2 Å². The van der Waals surface area contributed by atoms with Gasteiger partial charge in [-0.1, -0.05) is 18.1 Å². The van der Waals surface area contributed by atoms with Crippen molar-refractivity contribution in [2.24, 2.45) is 0 Å². The van der Waals surface area contributed by atoms with E-state index in [0.29, 0.717) is 18.1 Å². The quantitative estimate of drug-likeness (QED) is 0.484. The highest BCUT2D eigenvalue weighted by Crippen LogP contribution is 2.24. The number of hydrogen-bond donors (Lipinski definition) is 1. The molecule has 1 rings (SSSR count). The number of carbonyl (C=O) groups excluding carboxylic acids is 1. The van der Waals surface area contributed by atoms with Crippen molar-refractivity contribution in [3.63, 3.8) is 0 Å². The highest BCUT2D eigenvalue weighted by Gasteiger charge is 2.04. The minimum atomic E-state index is -0.380. The highest BCUT2D eigenvalue weighted by atomic mass is 16.5. The summed E-state index contributed by atoms with van der Waals surface area (Å²) < 4.78 is 10.2. The van der Waals surface area contributed by atoms with Gasteiger partial charge in [0.15, 0.2) is 0 Å². The van der Waals surface area contributed by atoms with Crippen LogP contribution in [0.4, 0.5) is 5.69 Å². The monoisotopic (exact) mass is 259 g/mol. The fourth-order valence-corrected chi connectivity index (χ4v) is 1.42. The molecule has 1 N–H and O–H groups in total. The van der Waals surface area contributed by atoms with Gasteiger partial charge in [0, 0.05) is 11.8 Å². The summed E-state index contributed by atoms with van der Waals surface area (Å²) in [6.45, 7) is 4.08. The van der Waals surface area contributed by atoms with Crippen LogP contribution >= 0.6 is 0 Å². The molecule has 0 saturated heterocycles. The smallest absolute Gasteiger partial charge is 0.332 e. The van der Waals surface area contributed by atoms with Gasteiger partial charge < -0.3 is 14.8 Å². The van der Waals surface area contributed by atoms with Crippen molar-refractivity contribution in [3.05, 3.63) is 36.0 Å². The third kappa shape index (κ3) is 5.17. The van der Waals surface area contributed by atoms with Crippen LogP contribution in [0, 0.1) is 12.3 Å². The van der Waals surface area contributed by atoms with Gasteiger partial charge in [-0.2, -0.15) is 0 Å². The second-order valence-corrected chi connectivity index (χ2v) is 3.69. The zero-order chi connectivity index (χ0) is 14.1. The van der Waals surface area contributed by atoms with Crippen molar-refractivity contribution in [1.29, 1.82) is 0 Å². The van der Waals surface area contributed by atoms with Gasteiger partial charge in [-0.15, -0.1) is 6.42 Å². The Hall–Kier alpha value is -2.41. The lowest BCUT2D eigenvalue weighted by molar-refractivity contribution is -0.137. The highest BCUT2D eigenvalue weighted by molar-refractivity contribution is 5.83. The Morgan fingerprint density at radius 3 is 2.89 bits per heavy atom. The molecular weight excluding hydrogens is 242 g/mol. The Labute approximate surface area is 113 Å². The van der Waals surface area contributed by atoms with Crippen molar-refractivity contribution in [3.8, 4) is 18.1 Å². The Kier molecular flexibility index (Phi) is 6.04. The van der Waals surface area contributed by atoms with Gasteiger partial charge in [0.05, 0.1) is 12.3 Å². The van der Waals surface area contributed by atoms with Crippen molar-refractivity contribution in [1.82, 2.24) is 0 Å². The maximum atomic E-state index is 11.3. The van der Waals surface area contributed by atoms with E-state index in [0.717, 1.165) is 5.69 Å². The Morgan fingerprint density at radius 1 is 1.47 bits per heavy atom. The number of carbonyl (C=O) groups is 1. The number of allylic oxidation sites excluding steroid dienone is 1. The summed E-state index contributed by atoms with van der Waals surface area (Å²) in [6, 6.07) is 7.36. The first-order valence-electron chi connectivity index (χ1n) is 5.94. The number of esters is 1. The van der Waals surface area contributed by atoms with Crippen LogP contribution < -0.4 is 10.1 Å². The SMILES string of the molecule is C#CCOc1ccccc1NC(C)=CC(=O)OCC. The van der Waals surface area contributed by atoms with Crippen LogP contribution in [0.2, 0.25) is 0 Å². The van der Waals surface area contributed by atoms with E-state index in [1.165, 1.54) is 6.08 Å². The number of nitrogens with one attached hydrogen (secondary N) is 1. The fourth-order valence-electron chi connectivity index (χ4n) is 1.42. The maximum absolute atomic E-state index is 11.3. The normalized spacial score (nSPS) is 10.5. The lowest BCUT2D eigenvalue weighted by Gasteiger charge is -2.11. The average Bonchev–Trinajstić information content (AvgIpc) is 2.37. The van der Waals surface area contributed by atoms with Crippen LogP contribution in [0.25, 0.3) is 0 Å². The van der Waals surface area contributed by atoms with Crippen molar-refractivity contribution in [2.45, 2.75) is 13.8 Å². The fraction of sp³-hybridized carbons (Fsp3) is 0.267. The summed E-state index contributed by atoms with van der Waals surface area (Å²) in [7, 11) is 0. The van der Waals surface area contributed by atoms with E-state index < -0.39 is 0 Å². The van der Waals surface area contributed by atoms with Crippen LogP contribution in [0.3, 0.4) is 0 Å². The molecule has 0 fully saturated rings.